The Morgan fingerprint density at radius 3 is 2.42 bits per heavy atom. The first-order valence-electron chi connectivity index (χ1n) is 8.62. The van der Waals surface area contributed by atoms with Crippen molar-refractivity contribution < 1.29 is 17.9 Å². The smallest absolute Gasteiger partial charge is 0.410 e. The molecule has 1 heterocycles. The maximum absolute atomic E-state index is 12.3. The molecule has 26 heavy (non-hydrogen) atoms. The van der Waals surface area contributed by atoms with Gasteiger partial charge in [0, 0.05) is 31.2 Å². The monoisotopic (exact) mass is 378 g/mol. The lowest BCUT2D eigenvalue weighted by Gasteiger charge is -2.41. The summed E-state index contributed by atoms with van der Waals surface area (Å²) in [4.78, 5) is 14.2. The molecule has 0 radical (unpaired) electrons. The second kappa shape index (κ2) is 7.28. The number of likely N-dealkylation sites (tertiary alicyclic amines) is 1. The molecule has 142 valence electrons. The Kier molecular flexibility index (Phi) is 5.67. The van der Waals surface area contributed by atoms with Crippen LogP contribution in [0.4, 0.5) is 4.79 Å². The first-order valence-corrected chi connectivity index (χ1v) is 10.5. The summed E-state index contributed by atoms with van der Waals surface area (Å²) < 4.78 is 29.2. The van der Waals surface area contributed by atoms with Crippen LogP contribution in [0.25, 0.3) is 0 Å². The highest BCUT2D eigenvalue weighted by atomic mass is 32.2. The van der Waals surface area contributed by atoms with Crippen molar-refractivity contribution in [1.82, 2.24) is 4.90 Å². The van der Waals surface area contributed by atoms with Crippen LogP contribution in [0, 0.1) is 11.3 Å². The van der Waals surface area contributed by atoms with Gasteiger partial charge >= 0.3 is 6.09 Å². The van der Waals surface area contributed by atoms with Crippen molar-refractivity contribution in [2.45, 2.75) is 55.9 Å². The van der Waals surface area contributed by atoms with E-state index < -0.39 is 20.9 Å². The number of piperidine rings is 1. The Labute approximate surface area is 155 Å². The van der Waals surface area contributed by atoms with E-state index >= 15 is 0 Å². The number of amides is 1. The number of ether oxygens (including phenoxy) is 1. The second-order valence-corrected chi connectivity index (χ2v) is 9.90. The molecule has 0 unspecified atom stereocenters. The molecule has 1 aliphatic heterocycles. The van der Waals surface area contributed by atoms with Gasteiger partial charge in [-0.3, -0.25) is 0 Å². The minimum Gasteiger partial charge on any atom is -0.444 e. The Morgan fingerprint density at radius 2 is 1.92 bits per heavy atom. The quantitative estimate of drug-likeness (QED) is 0.805. The molecule has 6 nitrogen and oxygen atoms in total. The number of hydrogen-bond donors (Lipinski definition) is 0. The van der Waals surface area contributed by atoms with Gasteiger partial charge in [-0.1, -0.05) is 12.1 Å². The average molecular weight is 378 g/mol. The highest BCUT2D eigenvalue weighted by Gasteiger charge is 2.38. The molecule has 1 aromatic rings. The zero-order valence-electron chi connectivity index (χ0n) is 15.8. The largest absolute Gasteiger partial charge is 0.444 e. The summed E-state index contributed by atoms with van der Waals surface area (Å²) in [6, 6.07) is 9.04. The molecule has 1 saturated heterocycles. The van der Waals surface area contributed by atoms with Crippen LogP contribution in [-0.2, 0) is 20.0 Å². The van der Waals surface area contributed by atoms with Crippen LogP contribution in [0.2, 0.25) is 0 Å². The van der Waals surface area contributed by atoms with E-state index in [1.54, 1.807) is 23.1 Å². The molecule has 1 aromatic carbocycles. The normalized spacial score (nSPS) is 17.4. The molecule has 1 aliphatic rings. The first kappa shape index (κ1) is 20.2. The number of benzene rings is 1. The van der Waals surface area contributed by atoms with Crippen LogP contribution >= 0.6 is 0 Å². The standard InChI is InChI=1S/C19H26N2O4S/c1-18(2,3)25-17(22)21-12-9-19(8-11-20,10-13-21)15-6-5-7-16(14-15)26(4,23)24/h5-7,14H,8-10,12-13H2,1-4H3. The number of carbonyl (C=O) groups is 1. The molecule has 0 spiro atoms. The molecule has 0 saturated carbocycles. The Morgan fingerprint density at radius 1 is 1.31 bits per heavy atom. The van der Waals surface area contributed by atoms with Gasteiger partial charge in [0.2, 0.25) is 0 Å². The first-order chi connectivity index (χ1) is 12.0. The van der Waals surface area contributed by atoms with Crippen LogP contribution in [0.15, 0.2) is 29.2 Å². The Balaban J connectivity index is 2.24. The third-order valence-electron chi connectivity index (χ3n) is 4.66. The topological polar surface area (TPSA) is 87.5 Å². The van der Waals surface area contributed by atoms with Gasteiger partial charge in [0.05, 0.1) is 11.0 Å². The number of rotatable bonds is 3. The summed E-state index contributed by atoms with van der Waals surface area (Å²) in [5.74, 6) is 0. The number of nitriles is 1. The number of hydrogen-bond acceptors (Lipinski definition) is 5. The third kappa shape index (κ3) is 4.76. The van der Waals surface area contributed by atoms with Crippen LogP contribution in [0.5, 0.6) is 0 Å². The average Bonchev–Trinajstić information content (AvgIpc) is 2.53. The molecule has 0 bridgehead atoms. The fourth-order valence-electron chi connectivity index (χ4n) is 3.22. The van der Waals surface area contributed by atoms with Gasteiger partial charge in [0.25, 0.3) is 0 Å². The summed E-state index contributed by atoms with van der Waals surface area (Å²) in [5, 5.41) is 9.33. The summed E-state index contributed by atoms with van der Waals surface area (Å²) in [7, 11) is -3.32. The van der Waals surface area contributed by atoms with Crippen molar-refractivity contribution in [3.05, 3.63) is 29.8 Å². The van der Waals surface area contributed by atoms with Crippen molar-refractivity contribution in [2.75, 3.05) is 19.3 Å². The predicted octanol–water partition coefficient (Wildman–Crippen LogP) is 3.27. The molecule has 0 N–H and O–H groups in total. The van der Waals surface area contributed by atoms with Gasteiger partial charge in [0.1, 0.15) is 5.60 Å². The van der Waals surface area contributed by atoms with Gasteiger partial charge in [-0.2, -0.15) is 5.26 Å². The highest BCUT2D eigenvalue weighted by Crippen LogP contribution is 2.39. The zero-order valence-corrected chi connectivity index (χ0v) is 16.6. The van der Waals surface area contributed by atoms with E-state index in [9.17, 15) is 18.5 Å². The summed E-state index contributed by atoms with van der Waals surface area (Å²) in [5.41, 5.74) is -0.165. The molecule has 0 aliphatic carbocycles. The fraction of sp³-hybridized carbons (Fsp3) is 0.579. The lowest BCUT2D eigenvalue weighted by atomic mass is 9.71. The summed E-state index contributed by atoms with van der Waals surface area (Å²) >= 11 is 0. The van der Waals surface area contributed by atoms with Gasteiger partial charge < -0.3 is 9.64 Å². The van der Waals surface area contributed by atoms with Crippen molar-refractivity contribution in [3.63, 3.8) is 0 Å². The van der Waals surface area contributed by atoms with E-state index in [1.807, 2.05) is 26.8 Å². The fourth-order valence-corrected chi connectivity index (χ4v) is 3.89. The summed E-state index contributed by atoms with van der Waals surface area (Å²) in [6.45, 7) is 6.42. The second-order valence-electron chi connectivity index (χ2n) is 7.88. The SMILES string of the molecule is CC(C)(C)OC(=O)N1CCC(CC#N)(c2cccc(S(C)(=O)=O)c2)CC1. The molecule has 0 atom stereocenters. The molecular formula is C19H26N2O4S. The lowest BCUT2D eigenvalue weighted by Crippen LogP contribution is -2.46. The van der Waals surface area contributed by atoms with Crippen molar-refractivity contribution in [3.8, 4) is 6.07 Å². The van der Waals surface area contributed by atoms with Crippen LogP contribution in [0.3, 0.4) is 0 Å². The minimum absolute atomic E-state index is 0.252. The minimum atomic E-state index is -3.32. The van der Waals surface area contributed by atoms with E-state index in [1.165, 1.54) is 6.26 Å². The highest BCUT2D eigenvalue weighted by molar-refractivity contribution is 7.90. The number of carbonyl (C=O) groups excluding carboxylic acids is 1. The number of sulfone groups is 1. The van der Waals surface area contributed by atoms with E-state index in [-0.39, 0.29) is 17.4 Å². The molecule has 7 heteroatoms. The Bertz CT molecular complexity index is 811. The van der Waals surface area contributed by atoms with E-state index in [0.29, 0.717) is 25.9 Å². The van der Waals surface area contributed by atoms with Crippen molar-refractivity contribution >= 4 is 15.9 Å². The van der Waals surface area contributed by atoms with Crippen LogP contribution in [-0.4, -0.2) is 44.4 Å². The van der Waals surface area contributed by atoms with Gasteiger partial charge in [0.15, 0.2) is 9.84 Å². The maximum Gasteiger partial charge on any atom is 0.410 e. The zero-order chi connectivity index (χ0) is 19.6. The third-order valence-corrected chi connectivity index (χ3v) is 5.77. The lowest BCUT2D eigenvalue weighted by molar-refractivity contribution is 0.0165. The molecule has 2 rings (SSSR count). The van der Waals surface area contributed by atoms with Crippen LogP contribution < -0.4 is 0 Å². The van der Waals surface area contributed by atoms with E-state index in [0.717, 1.165) is 5.56 Å². The molecule has 0 aromatic heterocycles. The molecule has 1 amide bonds. The van der Waals surface area contributed by atoms with Gasteiger partial charge in [-0.15, -0.1) is 0 Å². The Hall–Kier alpha value is -2.07. The van der Waals surface area contributed by atoms with E-state index in [2.05, 4.69) is 6.07 Å². The predicted molar refractivity (Wildman–Crippen MR) is 98.5 cm³/mol. The van der Waals surface area contributed by atoms with Crippen molar-refractivity contribution in [1.29, 1.82) is 5.26 Å². The maximum atomic E-state index is 12.3. The van der Waals surface area contributed by atoms with Crippen molar-refractivity contribution in [2.24, 2.45) is 0 Å². The molecule has 1 fully saturated rings. The van der Waals surface area contributed by atoms with Gasteiger partial charge in [-0.25, -0.2) is 13.2 Å². The van der Waals surface area contributed by atoms with E-state index in [4.69, 9.17) is 4.74 Å². The van der Waals surface area contributed by atoms with Crippen LogP contribution in [0.1, 0.15) is 45.6 Å². The number of nitrogens with zero attached hydrogens (tertiary/aromatic N) is 2. The summed E-state index contributed by atoms with van der Waals surface area (Å²) in [6.07, 6.45) is 2.28. The molecular weight excluding hydrogens is 352 g/mol. The van der Waals surface area contributed by atoms with Gasteiger partial charge in [-0.05, 0) is 51.3 Å².